The molecule has 0 heterocycles. The first-order valence-corrected chi connectivity index (χ1v) is 6.67. The van der Waals surface area contributed by atoms with E-state index in [1.54, 1.807) is 37.5 Å². The number of esters is 1. The largest absolute Gasteiger partial charge is 0.497 e. The first kappa shape index (κ1) is 15.3. The van der Waals surface area contributed by atoms with Crippen molar-refractivity contribution in [3.63, 3.8) is 0 Å². The normalized spacial score (nSPS) is 22.3. The van der Waals surface area contributed by atoms with Gasteiger partial charge in [0.15, 0.2) is 0 Å². The van der Waals surface area contributed by atoms with E-state index in [0.29, 0.717) is 23.3 Å². The van der Waals surface area contributed by atoms with Gasteiger partial charge in [0, 0.05) is 5.92 Å². The number of ether oxygens (including phenoxy) is 2. The van der Waals surface area contributed by atoms with Crippen LogP contribution in [0.2, 0.25) is 0 Å². The van der Waals surface area contributed by atoms with Crippen molar-refractivity contribution in [2.24, 2.45) is 5.92 Å². The van der Waals surface area contributed by atoms with E-state index in [1.165, 1.54) is 7.11 Å². The average Bonchev–Trinajstić information content (AvgIpc) is 2.88. The van der Waals surface area contributed by atoms with Crippen LogP contribution in [0.5, 0.6) is 5.75 Å². The molecule has 0 radical (unpaired) electrons. The third-order valence-corrected chi connectivity index (χ3v) is 3.69. The highest BCUT2D eigenvalue weighted by Crippen LogP contribution is 2.37. The highest BCUT2D eigenvalue weighted by molar-refractivity contribution is 5.84. The Morgan fingerprint density at radius 3 is 2.52 bits per heavy atom. The number of carbonyl (C=O) groups excluding carboxylic acids is 2. The molecule has 0 fully saturated rings. The number of aliphatic hydroxyl groups is 1. The molecule has 0 saturated carbocycles. The van der Waals surface area contributed by atoms with Crippen LogP contribution in [-0.4, -0.2) is 37.7 Å². The van der Waals surface area contributed by atoms with Crippen LogP contribution < -0.4 is 4.74 Å². The lowest BCUT2D eigenvalue weighted by Gasteiger charge is -2.19. The van der Waals surface area contributed by atoms with E-state index < -0.39 is 23.9 Å². The molecule has 0 bridgehead atoms. The number of aldehydes is 1. The molecule has 0 spiro atoms. The van der Waals surface area contributed by atoms with Crippen molar-refractivity contribution < 1.29 is 24.2 Å². The molecule has 5 nitrogen and oxygen atoms in total. The predicted octanol–water partition coefficient (Wildman–Crippen LogP) is 1.46. The summed E-state index contributed by atoms with van der Waals surface area (Å²) in [5.41, 5.74) is 1.30. The third-order valence-electron chi connectivity index (χ3n) is 3.69. The van der Waals surface area contributed by atoms with Gasteiger partial charge in [-0.15, -0.1) is 0 Å². The fourth-order valence-corrected chi connectivity index (χ4v) is 2.63. The van der Waals surface area contributed by atoms with E-state index in [9.17, 15) is 14.7 Å². The Balaban J connectivity index is 2.40. The van der Waals surface area contributed by atoms with Crippen molar-refractivity contribution in [2.45, 2.75) is 18.4 Å². The molecule has 0 aliphatic heterocycles. The summed E-state index contributed by atoms with van der Waals surface area (Å²) in [6.45, 7) is 0. The zero-order valence-corrected chi connectivity index (χ0v) is 12.0. The maximum atomic E-state index is 12.1. The van der Waals surface area contributed by atoms with E-state index in [-0.39, 0.29) is 0 Å². The smallest absolute Gasteiger partial charge is 0.317 e. The van der Waals surface area contributed by atoms with Gasteiger partial charge >= 0.3 is 5.97 Å². The summed E-state index contributed by atoms with van der Waals surface area (Å²) < 4.78 is 9.95. The Morgan fingerprint density at radius 1 is 1.33 bits per heavy atom. The summed E-state index contributed by atoms with van der Waals surface area (Å²) in [6.07, 6.45) is 1.94. The standard InChI is InChI=1S/C16H18O5/c1-20-13-5-3-10(4-6-13)15(16(19)21-2)14-8-12(18)7-11(14)9-17/h3-6,8-9,11-12,15,18H,7H2,1-2H3/t11?,12-,15?/m1/s1. The van der Waals surface area contributed by atoms with Crippen LogP contribution >= 0.6 is 0 Å². The summed E-state index contributed by atoms with van der Waals surface area (Å²) >= 11 is 0. The number of hydrogen-bond donors (Lipinski definition) is 1. The second kappa shape index (κ2) is 6.54. The summed E-state index contributed by atoms with van der Waals surface area (Å²) in [6, 6.07) is 7.00. The maximum Gasteiger partial charge on any atom is 0.317 e. The molecule has 21 heavy (non-hydrogen) atoms. The van der Waals surface area contributed by atoms with Crippen LogP contribution in [0.1, 0.15) is 17.9 Å². The van der Waals surface area contributed by atoms with Crippen LogP contribution in [0.3, 0.4) is 0 Å². The van der Waals surface area contributed by atoms with Gasteiger partial charge in [0.25, 0.3) is 0 Å². The van der Waals surface area contributed by atoms with Gasteiger partial charge in [-0.2, -0.15) is 0 Å². The van der Waals surface area contributed by atoms with Crippen LogP contribution in [0.4, 0.5) is 0 Å². The molecule has 1 aromatic carbocycles. The van der Waals surface area contributed by atoms with Crippen molar-refractivity contribution in [3.05, 3.63) is 41.5 Å². The highest BCUT2D eigenvalue weighted by Gasteiger charge is 2.35. The molecular weight excluding hydrogens is 272 g/mol. The molecule has 0 aromatic heterocycles. The highest BCUT2D eigenvalue weighted by atomic mass is 16.5. The zero-order valence-electron chi connectivity index (χ0n) is 12.0. The Hall–Kier alpha value is -2.14. The Bertz CT molecular complexity index is 546. The van der Waals surface area contributed by atoms with E-state index >= 15 is 0 Å². The molecule has 0 saturated heterocycles. The van der Waals surface area contributed by atoms with Gasteiger partial charge < -0.3 is 19.4 Å². The van der Waals surface area contributed by atoms with E-state index in [1.807, 2.05) is 0 Å². The average molecular weight is 290 g/mol. The first-order chi connectivity index (χ1) is 10.1. The molecule has 1 aliphatic rings. The van der Waals surface area contributed by atoms with Crippen LogP contribution in [-0.2, 0) is 14.3 Å². The second-order valence-electron chi connectivity index (χ2n) is 4.94. The van der Waals surface area contributed by atoms with Crippen molar-refractivity contribution in [3.8, 4) is 5.75 Å². The zero-order chi connectivity index (χ0) is 15.4. The van der Waals surface area contributed by atoms with E-state index in [4.69, 9.17) is 9.47 Å². The fourth-order valence-electron chi connectivity index (χ4n) is 2.63. The molecule has 2 unspecified atom stereocenters. The monoisotopic (exact) mass is 290 g/mol. The lowest BCUT2D eigenvalue weighted by Crippen LogP contribution is -2.20. The quantitative estimate of drug-likeness (QED) is 0.505. The number of aliphatic hydroxyl groups excluding tert-OH is 1. The number of carbonyl (C=O) groups is 2. The second-order valence-corrected chi connectivity index (χ2v) is 4.94. The summed E-state index contributed by atoms with van der Waals surface area (Å²) in [4.78, 5) is 23.3. The molecule has 112 valence electrons. The number of methoxy groups -OCH3 is 2. The van der Waals surface area contributed by atoms with Gasteiger partial charge in [-0.25, -0.2) is 0 Å². The number of rotatable bonds is 5. The van der Waals surface area contributed by atoms with Crippen LogP contribution in [0.25, 0.3) is 0 Å². The molecule has 1 aromatic rings. The number of benzene rings is 1. The summed E-state index contributed by atoms with van der Waals surface area (Å²) in [5, 5.41) is 9.73. The van der Waals surface area contributed by atoms with Crippen molar-refractivity contribution in [1.29, 1.82) is 0 Å². The molecule has 2 rings (SSSR count). The fraction of sp³-hybridized carbons (Fsp3) is 0.375. The van der Waals surface area contributed by atoms with Gasteiger partial charge in [0.1, 0.15) is 18.0 Å². The molecule has 5 heteroatoms. The lowest BCUT2D eigenvalue weighted by atomic mass is 9.85. The predicted molar refractivity (Wildman–Crippen MR) is 76.0 cm³/mol. The van der Waals surface area contributed by atoms with Gasteiger partial charge in [-0.3, -0.25) is 4.79 Å². The minimum Gasteiger partial charge on any atom is -0.497 e. The minimum atomic E-state index is -0.708. The molecule has 3 atom stereocenters. The van der Waals surface area contributed by atoms with E-state index in [0.717, 1.165) is 6.29 Å². The Labute approximate surface area is 123 Å². The summed E-state index contributed by atoms with van der Waals surface area (Å²) in [5.74, 6) is -0.929. The van der Waals surface area contributed by atoms with E-state index in [2.05, 4.69) is 0 Å². The first-order valence-electron chi connectivity index (χ1n) is 6.67. The maximum absolute atomic E-state index is 12.1. The SMILES string of the molecule is COC(=O)C(C1=C[C@H](O)CC1C=O)c1ccc(OC)cc1. The molecule has 0 amide bonds. The third kappa shape index (κ3) is 3.13. The topological polar surface area (TPSA) is 72.8 Å². The van der Waals surface area contributed by atoms with Gasteiger partial charge in [0.2, 0.25) is 0 Å². The molecule has 1 aliphatic carbocycles. The lowest BCUT2D eigenvalue weighted by molar-refractivity contribution is -0.141. The van der Waals surface area contributed by atoms with Crippen molar-refractivity contribution in [2.75, 3.05) is 14.2 Å². The Kier molecular flexibility index (Phi) is 4.75. The van der Waals surface area contributed by atoms with Crippen LogP contribution in [0, 0.1) is 5.92 Å². The van der Waals surface area contributed by atoms with Crippen molar-refractivity contribution in [1.82, 2.24) is 0 Å². The van der Waals surface area contributed by atoms with Gasteiger partial charge in [0.05, 0.1) is 20.3 Å². The minimum absolute atomic E-state index is 0.308. The summed E-state index contributed by atoms with van der Waals surface area (Å²) in [7, 11) is 2.87. The van der Waals surface area contributed by atoms with Crippen LogP contribution in [0.15, 0.2) is 35.9 Å². The molecule has 1 N–H and O–H groups in total. The van der Waals surface area contributed by atoms with Gasteiger partial charge in [-0.05, 0) is 29.7 Å². The molecular formula is C16H18O5. The Morgan fingerprint density at radius 2 is 2.00 bits per heavy atom. The van der Waals surface area contributed by atoms with Crippen molar-refractivity contribution >= 4 is 12.3 Å². The number of hydrogen-bond acceptors (Lipinski definition) is 5. The van der Waals surface area contributed by atoms with Gasteiger partial charge in [-0.1, -0.05) is 18.2 Å².